The lowest BCUT2D eigenvalue weighted by atomic mass is 9.76. The Kier molecular flexibility index (Phi) is 3.77. The second-order valence-corrected chi connectivity index (χ2v) is 6.51. The predicted molar refractivity (Wildman–Crippen MR) is 93.4 cm³/mol. The van der Waals surface area contributed by atoms with E-state index in [2.05, 4.69) is 22.5 Å². The van der Waals surface area contributed by atoms with Crippen LogP contribution < -0.4 is 5.32 Å². The molecule has 1 aliphatic carbocycles. The molecular formula is C19H17ClN2O2. The largest absolute Gasteiger partial charge is 0.465 e. The third-order valence-corrected chi connectivity index (χ3v) is 5.20. The molecule has 4 nitrogen and oxygen atoms in total. The van der Waals surface area contributed by atoms with Gasteiger partial charge in [-0.25, -0.2) is 4.79 Å². The smallest absolute Gasteiger partial charge is 0.338 e. The lowest BCUT2D eigenvalue weighted by Crippen LogP contribution is -2.31. The summed E-state index contributed by atoms with van der Waals surface area (Å²) in [4.78, 5) is 16.7. The Balaban J connectivity index is 1.87. The van der Waals surface area contributed by atoms with Crippen LogP contribution in [0.15, 0.2) is 48.7 Å². The number of halogens is 1. The Morgan fingerprint density at radius 2 is 2.21 bits per heavy atom. The Morgan fingerprint density at radius 1 is 1.33 bits per heavy atom. The van der Waals surface area contributed by atoms with Gasteiger partial charge in [-0.15, -0.1) is 0 Å². The third-order valence-electron chi connectivity index (χ3n) is 4.88. The van der Waals surface area contributed by atoms with Crippen LogP contribution in [-0.4, -0.2) is 18.1 Å². The van der Waals surface area contributed by atoms with Gasteiger partial charge in [-0.05, 0) is 42.2 Å². The van der Waals surface area contributed by atoms with Gasteiger partial charge in [0.25, 0.3) is 0 Å². The van der Waals surface area contributed by atoms with E-state index in [-0.39, 0.29) is 17.9 Å². The van der Waals surface area contributed by atoms with Gasteiger partial charge in [-0.3, -0.25) is 4.98 Å². The molecule has 3 atom stereocenters. The van der Waals surface area contributed by atoms with Crippen molar-refractivity contribution < 1.29 is 9.53 Å². The van der Waals surface area contributed by atoms with Crippen molar-refractivity contribution in [2.24, 2.45) is 5.92 Å². The maximum absolute atomic E-state index is 12.2. The highest BCUT2D eigenvalue weighted by Gasteiger charge is 2.41. The topological polar surface area (TPSA) is 51.2 Å². The molecule has 0 unspecified atom stereocenters. The minimum absolute atomic E-state index is 0.0593. The molecule has 1 N–H and O–H groups in total. The van der Waals surface area contributed by atoms with E-state index in [1.807, 2.05) is 18.2 Å². The number of rotatable bonds is 2. The molecule has 1 aliphatic heterocycles. The Hall–Kier alpha value is -2.33. The number of methoxy groups -OCH3 is 1. The van der Waals surface area contributed by atoms with Crippen LogP contribution >= 0.6 is 11.6 Å². The number of ether oxygens (including phenoxy) is 1. The Morgan fingerprint density at radius 3 is 2.96 bits per heavy atom. The molecule has 0 spiro atoms. The molecule has 2 heterocycles. The number of aromatic nitrogens is 1. The van der Waals surface area contributed by atoms with Gasteiger partial charge in [0.1, 0.15) is 0 Å². The minimum atomic E-state index is -0.333. The van der Waals surface area contributed by atoms with Crippen molar-refractivity contribution in [3.63, 3.8) is 0 Å². The van der Waals surface area contributed by atoms with Gasteiger partial charge in [0.2, 0.25) is 0 Å². The number of nitrogens with zero attached hydrogens (tertiary/aromatic N) is 1. The van der Waals surface area contributed by atoms with Crippen LogP contribution in [0.4, 0.5) is 5.69 Å². The number of hydrogen-bond donors (Lipinski definition) is 1. The molecule has 4 rings (SSSR count). The first-order valence-corrected chi connectivity index (χ1v) is 8.33. The van der Waals surface area contributed by atoms with Crippen LogP contribution in [0.3, 0.4) is 0 Å². The number of anilines is 1. The zero-order valence-corrected chi connectivity index (χ0v) is 14.0. The summed E-state index contributed by atoms with van der Waals surface area (Å²) < 4.78 is 4.96. The van der Waals surface area contributed by atoms with Gasteiger partial charge >= 0.3 is 5.97 Å². The summed E-state index contributed by atoms with van der Waals surface area (Å²) in [6.45, 7) is 0. The first kappa shape index (κ1) is 15.2. The number of benzene rings is 1. The molecule has 0 saturated carbocycles. The fraction of sp³-hybridized carbons (Fsp3) is 0.263. The van der Waals surface area contributed by atoms with Crippen molar-refractivity contribution in [3.8, 4) is 0 Å². The number of nitrogens with one attached hydrogen (secondary N) is 1. The van der Waals surface area contributed by atoms with Gasteiger partial charge in [-0.2, -0.15) is 0 Å². The van der Waals surface area contributed by atoms with Crippen molar-refractivity contribution in [2.75, 3.05) is 12.4 Å². The summed E-state index contributed by atoms with van der Waals surface area (Å²) in [5.41, 5.74) is 3.30. The summed E-state index contributed by atoms with van der Waals surface area (Å²) in [7, 11) is 1.40. The van der Waals surface area contributed by atoms with Gasteiger partial charge in [0.05, 0.1) is 35.1 Å². The molecule has 1 aromatic heterocycles. The molecule has 5 heteroatoms. The van der Waals surface area contributed by atoms with Crippen LogP contribution in [0, 0.1) is 5.92 Å². The molecule has 24 heavy (non-hydrogen) atoms. The van der Waals surface area contributed by atoms with E-state index in [1.54, 1.807) is 18.3 Å². The molecule has 0 bridgehead atoms. The third kappa shape index (κ3) is 2.29. The van der Waals surface area contributed by atoms with Gasteiger partial charge in [-0.1, -0.05) is 29.8 Å². The van der Waals surface area contributed by atoms with Crippen molar-refractivity contribution in [1.29, 1.82) is 0 Å². The highest BCUT2D eigenvalue weighted by Crippen LogP contribution is 2.52. The minimum Gasteiger partial charge on any atom is -0.465 e. The van der Waals surface area contributed by atoms with Gasteiger partial charge in [0.15, 0.2) is 0 Å². The van der Waals surface area contributed by atoms with E-state index >= 15 is 0 Å². The zero-order chi connectivity index (χ0) is 16.7. The summed E-state index contributed by atoms with van der Waals surface area (Å²) >= 11 is 6.45. The van der Waals surface area contributed by atoms with Crippen molar-refractivity contribution in [3.05, 3.63) is 70.5 Å². The van der Waals surface area contributed by atoms with E-state index < -0.39 is 0 Å². The number of pyridine rings is 1. The van der Waals surface area contributed by atoms with Gasteiger partial charge in [0, 0.05) is 12.1 Å². The normalized spacial score (nSPS) is 24.0. The second-order valence-electron chi connectivity index (χ2n) is 6.11. The highest BCUT2D eigenvalue weighted by molar-refractivity contribution is 6.33. The lowest BCUT2D eigenvalue weighted by molar-refractivity contribution is 0.0598. The molecule has 122 valence electrons. The average molecular weight is 341 g/mol. The number of fused-ring (bicyclic) bond motifs is 3. The summed E-state index contributed by atoms with van der Waals surface area (Å²) in [6.07, 6.45) is 7.08. The van der Waals surface area contributed by atoms with E-state index in [1.165, 1.54) is 7.11 Å². The Bertz CT molecular complexity index is 820. The number of esters is 1. The second kappa shape index (κ2) is 5.95. The molecule has 0 amide bonds. The van der Waals surface area contributed by atoms with Crippen LogP contribution in [-0.2, 0) is 4.74 Å². The fourth-order valence-electron chi connectivity index (χ4n) is 3.81. The molecule has 2 aromatic rings. The number of carbonyl (C=O) groups is 1. The quantitative estimate of drug-likeness (QED) is 0.652. The molecule has 0 radical (unpaired) electrons. The average Bonchev–Trinajstić information content (AvgIpc) is 3.11. The van der Waals surface area contributed by atoms with Crippen LogP contribution in [0.2, 0.25) is 5.02 Å². The number of carbonyl (C=O) groups excluding carboxylic acids is 1. The van der Waals surface area contributed by atoms with Crippen LogP contribution in [0.1, 0.15) is 40.0 Å². The van der Waals surface area contributed by atoms with E-state index in [9.17, 15) is 4.79 Å². The monoisotopic (exact) mass is 340 g/mol. The van der Waals surface area contributed by atoms with Crippen molar-refractivity contribution in [1.82, 2.24) is 4.98 Å². The lowest BCUT2D eigenvalue weighted by Gasteiger charge is -2.38. The van der Waals surface area contributed by atoms with Crippen molar-refractivity contribution >= 4 is 23.3 Å². The highest BCUT2D eigenvalue weighted by atomic mass is 35.5. The van der Waals surface area contributed by atoms with E-state index in [0.717, 1.165) is 23.4 Å². The number of allylic oxidation sites excluding steroid dienone is 2. The summed E-state index contributed by atoms with van der Waals surface area (Å²) in [5.74, 6) is 0.0929. The molecule has 0 fully saturated rings. The number of hydrogen-bond acceptors (Lipinski definition) is 4. The molecular weight excluding hydrogens is 324 g/mol. The van der Waals surface area contributed by atoms with Gasteiger partial charge < -0.3 is 10.1 Å². The molecule has 2 aliphatic rings. The first-order valence-electron chi connectivity index (χ1n) is 7.95. The standard InChI is InChI=1S/C19H17ClN2O2/c1-24-19(23)13-8-9-14(20)18-16(13)11-5-4-6-12(11)17(22-18)15-7-2-3-10-21-15/h2-5,7-12,17,22H,6H2,1H3/t11-,12+,17+/m1/s1. The zero-order valence-electron chi connectivity index (χ0n) is 13.2. The molecule has 0 saturated heterocycles. The fourth-order valence-corrected chi connectivity index (χ4v) is 4.03. The van der Waals surface area contributed by atoms with E-state index in [4.69, 9.17) is 16.3 Å². The predicted octanol–water partition coefficient (Wildman–Crippen LogP) is 4.35. The van der Waals surface area contributed by atoms with Crippen molar-refractivity contribution in [2.45, 2.75) is 18.4 Å². The molecule has 1 aromatic carbocycles. The van der Waals surface area contributed by atoms with E-state index in [0.29, 0.717) is 16.5 Å². The van der Waals surface area contributed by atoms with Crippen LogP contribution in [0.25, 0.3) is 0 Å². The van der Waals surface area contributed by atoms with Crippen LogP contribution in [0.5, 0.6) is 0 Å². The maximum Gasteiger partial charge on any atom is 0.338 e. The first-order chi connectivity index (χ1) is 11.7. The summed E-state index contributed by atoms with van der Waals surface area (Å²) in [6, 6.07) is 9.48. The SMILES string of the molecule is COC(=O)c1ccc(Cl)c2c1[C@@H]1C=CC[C@@H]1[C@@H](c1ccccn1)N2. The maximum atomic E-state index is 12.2. The Labute approximate surface area is 145 Å². The summed E-state index contributed by atoms with van der Waals surface area (Å²) in [5, 5.41) is 4.14.